The molecule has 0 heterocycles. The molecule has 1 aliphatic rings. The van der Waals surface area contributed by atoms with Crippen molar-refractivity contribution in [3.63, 3.8) is 0 Å². The first kappa shape index (κ1) is 30.0. The Hall–Kier alpha value is -1.04. The third-order valence-electron chi connectivity index (χ3n) is 5.96. The van der Waals surface area contributed by atoms with Crippen LogP contribution in [0.15, 0.2) is 0 Å². The molecule has 1 rings (SSSR count). The van der Waals surface area contributed by atoms with Gasteiger partial charge in [-0.1, -0.05) is 0 Å². The van der Waals surface area contributed by atoms with Gasteiger partial charge in [0.25, 0.3) is 0 Å². The molecule has 0 aromatic rings. The second-order valence-electron chi connectivity index (χ2n) is 11.1. The maximum Gasteiger partial charge on any atom is 0.305 e. The van der Waals surface area contributed by atoms with Crippen molar-refractivity contribution in [3.05, 3.63) is 0 Å². The number of hydrogen-bond acceptors (Lipinski definition) is 7. The molecule has 0 saturated heterocycles. The van der Waals surface area contributed by atoms with Crippen molar-refractivity contribution < 1.29 is 32.7 Å². The molecule has 0 aromatic heterocycles. The Morgan fingerprint density at radius 3 is 1.55 bits per heavy atom. The van der Waals surface area contributed by atoms with Gasteiger partial charge in [0.2, 0.25) is 0 Å². The molecule has 0 aliphatic heterocycles. The third kappa shape index (κ3) is 12.3. The lowest BCUT2D eigenvalue weighted by molar-refractivity contribution is -0.141. The molecule has 0 bridgehead atoms. The first-order valence-corrected chi connectivity index (χ1v) is 19.1. The van der Waals surface area contributed by atoms with E-state index in [2.05, 4.69) is 44.0 Å². The molecule has 9 heteroatoms. The van der Waals surface area contributed by atoms with E-state index in [0.717, 1.165) is 12.8 Å². The Morgan fingerprint density at radius 2 is 1.09 bits per heavy atom. The molecule has 4 atom stereocenters. The largest absolute Gasteiger partial charge is 0.469 e. The standard InChI is InChI=1S/C24H46O7Si2/c1-28-23(26)12-10-9-11-18(25)13-14-19-20(15-16-24(27)29-2)22(31-33(6,7)8)17-21(19)30-32(3,4)5/h19-22H,9-17H2,1-8H3/t19-,20-,21+,22+/m1/s1. The zero-order valence-corrected chi connectivity index (χ0v) is 24.0. The van der Waals surface area contributed by atoms with Gasteiger partial charge in [0.1, 0.15) is 5.78 Å². The van der Waals surface area contributed by atoms with Gasteiger partial charge in [-0.05, 0) is 83.2 Å². The van der Waals surface area contributed by atoms with Crippen LogP contribution in [0.3, 0.4) is 0 Å². The van der Waals surface area contributed by atoms with Gasteiger partial charge >= 0.3 is 11.9 Å². The van der Waals surface area contributed by atoms with E-state index in [1.165, 1.54) is 14.2 Å². The normalized spacial score (nSPS) is 23.4. The molecular formula is C24H46O7Si2. The first-order chi connectivity index (χ1) is 15.3. The smallest absolute Gasteiger partial charge is 0.305 e. The fraction of sp³-hybridized carbons (Fsp3) is 0.875. The van der Waals surface area contributed by atoms with Crippen LogP contribution in [-0.2, 0) is 32.7 Å². The number of methoxy groups -OCH3 is 2. The first-order valence-electron chi connectivity index (χ1n) is 12.3. The molecule has 0 amide bonds. The highest BCUT2D eigenvalue weighted by atomic mass is 28.4. The number of carbonyl (C=O) groups is 3. The van der Waals surface area contributed by atoms with E-state index in [1.807, 2.05) is 0 Å². The minimum absolute atomic E-state index is 0.0443. The summed E-state index contributed by atoms with van der Waals surface area (Å²) < 4.78 is 22.7. The van der Waals surface area contributed by atoms with E-state index < -0.39 is 16.6 Å². The molecule has 0 aromatic carbocycles. The molecule has 192 valence electrons. The van der Waals surface area contributed by atoms with E-state index in [9.17, 15) is 14.4 Å². The highest BCUT2D eigenvalue weighted by Gasteiger charge is 2.46. The Labute approximate surface area is 202 Å². The quantitative estimate of drug-likeness (QED) is 0.175. The Morgan fingerprint density at radius 1 is 0.667 bits per heavy atom. The average molecular weight is 503 g/mol. The van der Waals surface area contributed by atoms with Gasteiger partial charge in [0.05, 0.1) is 26.4 Å². The summed E-state index contributed by atoms with van der Waals surface area (Å²) in [5.74, 6) is 0.123. The van der Waals surface area contributed by atoms with Gasteiger partial charge in [-0.25, -0.2) is 0 Å². The van der Waals surface area contributed by atoms with Gasteiger partial charge < -0.3 is 18.3 Å². The van der Waals surface area contributed by atoms with Gasteiger partial charge in [0.15, 0.2) is 16.6 Å². The van der Waals surface area contributed by atoms with E-state index in [4.69, 9.17) is 13.6 Å². The van der Waals surface area contributed by atoms with Crippen molar-refractivity contribution in [1.82, 2.24) is 0 Å². The van der Waals surface area contributed by atoms with E-state index in [0.29, 0.717) is 44.9 Å². The molecule has 0 radical (unpaired) electrons. The molecule has 1 fully saturated rings. The topological polar surface area (TPSA) is 88.1 Å². The number of rotatable bonds is 15. The fourth-order valence-corrected chi connectivity index (χ4v) is 7.00. The van der Waals surface area contributed by atoms with Crippen LogP contribution in [0, 0.1) is 11.8 Å². The fourth-order valence-electron chi connectivity index (χ4n) is 4.64. The molecule has 33 heavy (non-hydrogen) atoms. The summed E-state index contributed by atoms with van der Waals surface area (Å²) in [5, 5.41) is 0. The highest BCUT2D eigenvalue weighted by Crippen LogP contribution is 2.43. The van der Waals surface area contributed by atoms with Gasteiger partial charge in [-0.2, -0.15) is 0 Å². The van der Waals surface area contributed by atoms with Crippen LogP contribution in [0.2, 0.25) is 39.3 Å². The Bertz CT molecular complexity index is 640. The van der Waals surface area contributed by atoms with Crippen LogP contribution in [0.25, 0.3) is 0 Å². The van der Waals surface area contributed by atoms with E-state index in [-0.39, 0.29) is 41.8 Å². The van der Waals surface area contributed by atoms with E-state index >= 15 is 0 Å². The lowest BCUT2D eigenvalue weighted by atomic mass is 9.85. The van der Waals surface area contributed by atoms with Crippen LogP contribution in [0.4, 0.5) is 0 Å². The molecule has 0 spiro atoms. The van der Waals surface area contributed by atoms with Crippen molar-refractivity contribution in [3.8, 4) is 0 Å². The summed E-state index contributed by atoms with van der Waals surface area (Å²) in [7, 11) is -0.789. The highest BCUT2D eigenvalue weighted by molar-refractivity contribution is 6.70. The monoisotopic (exact) mass is 502 g/mol. The Balaban J connectivity index is 2.87. The van der Waals surface area contributed by atoms with Crippen molar-refractivity contribution in [2.45, 2.75) is 109 Å². The second-order valence-corrected chi connectivity index (χ2v) is 20.0. The predicted molar refractivity (Wildman–Crippen MR) is 134 cm³/mol. The third-order valence-corrected chi connectivity index (χ3v) is 7.98. The number of ketones is 1. The molecular weight excluding hydrogens is 456 g/mol. The number of ether oxygens (including phenoxy) is 2. The predicted octanol–water partition coefficient (Wildman–Crippen LogP) is 5.10. The lowest BCUT2D eigenvalue weighted by Gasteiger charge is -2.31. The lowest BCUT2D eigenvalue weighted by Crippen LogP contribution is -2.35. The molecule has 1 aliphatic carbocycles. The minimum atomic E-state index is -1.79. The van der Waals surface area contributed by atoms with Crippen molar-refractivity contribution in [2.24, 2.45) is 11.8 Å². The molecule has 1 saturated carbocycles. The van der Waals surface area contributed by atoms with Gasteiger partial charge in [0, 0.05) is 25.7 Å². The van der Waals surface area contributed by atoms with Gasteiger partial charge in [-0.3, -0.25) is 14.4 Å². The number of carbonyl (C=O) groups excluding carboxylic acids is 3. The summed E-state index contributed by atoms with van der Waals surface area (Å²) in [6, 6.07) is 0. The number of esters is 2. The summed E-state index contributed by atoms with van der Waals surface area (Å²) in [6.07, 6.45) is 5.36. The zero-order valence-electron chi connectivity index (χ0n) is 22.0. The molecule has 7 nitrogen and oxygen atoms in total. The maximum atomic E-state index is 12.6. The number of unbranched alkanes of at least 4 members (excludes halogenated alkanes) is 1. The van der Waals surface area contributed by atoms with Crippen LogP contribution < -0.4 is 0 Å². The average Bonchev–Trinajstić information content (AvgIpc) is 2.99. The van der Waals surface area contributed by atoms with E-state index in [1.54, 1.807) is 0 Å². The van der Waals surface area contributed by atoms with Crippen molar-refractivity contribution in [2.75, 3.05) is 14.2 Å². The molecule has 0 N–H and O–H groups in total. The zero-order chi connectivity index (χ0) is 25.2. The Kier molecular flexibility index (Phi) is 12.5. The minimum Gasteiger partial charge on any atom is -0.469 e. The van der Waals surface area contributed by atoms with Gasteiger partial charge in [-0.15, -0.1) is 0 Å². The summed E-state index contributed by atoms with van der Waals surface area (Å²) >= 11 is 0. The summed E-state index contributed by atoms with van der Waals surface area (Å²) in [4.78, 5) is 35.7. The number of Topliss-reactive ketones (excluding diaryl/α,β-unsaturated/α-hetero) is 1. The number of hydrogen-bond donors (Lipinski definition) is 0. The van der Waals surface area contributed by atoms with Crippen LogP contribution in [0.1, 0.15) is 57.8 Å². The van der Waals surface area contributed by atoms with Crippen molar-refractivity contribution >= 4 is 34.4 Å². The summed E-state index contributed by atoms with van der Waals surface area (Å²) in [6.45, 7) is 13.1. The summed E-state index contributed by atoms with van der Waals surface area (Å²) in [5.41, 5.74) is 0. The van der Waals surface area contributed by atoms with Crippen LogP contribution in [0.5, 0.6) is 0 Å². The maximum absolute atomic E-state index is 12.6. The van der Waals surface area contributed by atoms with Crippen LogP contribution in [-0.4, -0.2) is 60.8 Å². The van der Waals surface area contributed by atoms with Crippen molar-refractivity contribution in [1.29, 1.82) is 0 Å². The molecule has 0 unspecified atom stereocenters. The second kappa shape index (κ2) is 13.8. The SMILES string of the molecule is COC(=O)CCCCC(=O)CC[C@@H]1[C@@H](CCC(=O)OC)[C@@H](O[Si](C)(C)C)C[C@@H]1O[Si](C)(C)C. The van der Waals surface area contributed by atoms with Crippen LogP contribution >= 0.6 is 0 Å².